The summed E-state index contributed by atoms with van der Waals surface area (Å²) in [7, 11) is 1.99. The Labute approximate surface area is 217 Å². The van der Waals surface area contributed by atoms with E-state index in [2.05, 4.69) is 10.3 Å². The number of rotatable bonds is 10. The zero-order valence-corrected chi connectivity index (χ0v) is 23.5. The summed E-state index contributed by atoms with van der Waals surface area (Å²) in [4.78, 5) is 46.9. The molecule has 0 fully saturated rings. The quantitative estimate of drug-likeness (QED) is 0.458. The molecule has 2 N–H and O–H groups in total. The Morgan fingerprint density at radius 3 is 2.30 bits per heavy atom. The van der Waals surface area contributed by atoms with E-state index < -0.39 is 33.1 Å². The van der Waals surface area contributed by atoms with Gasteiger partial charge in [-0.05, 0) is 65.9 Å². The molecule has 2 aromatic rings. The van der Waals surface area contributed by atoms with Gasteiger partial charge in [0.15, 0.2) is 0 Å². The fraction of sp³-hybridized carbons (Fsp3) is 0.583. The number of carboxylic acid groups (broad SMARTS) is 1. The molecule has 37 heavy (non-hydrogen) atoms. The minimum absolute atomic E-state index is 0.0511. The van der Waals surface area contributed by atoms with Crippen LogP contribution in [0, 0.1) is 6.92 Å². The molecule has 1 atom stereocenters. The third kappa shape index (κ3) is 7.89. The summed E-state index contributed by atoms with van der Waals surface area (Å²) in [5.74, 6) is -0.625. The van der Waals surface area contributed by atoms with Crippen molar-refractivity contribution in [2.45, 2.75) is 45.7 Å². The van der Waals surface area contributed by atoms with Crippen LogP contribution in [-0.4, -0.2) is 98.1 Å². The number of amides is 2. The fourth-order valence-electron chi connectivity index (χ4n) is 3.83. The molecule has 0 spiro atoms. The van der Waals surface area contributed by atoms with Crippen molar-refractivity contribution in [3.05, 3.63) is 28.1 Å². The molecule has 0 aliphatic rings. The fourth-order valence-corrected chi connectivity index (χ4v) is 4.49. The smallest absolute Gasteiger partial charge is 0.412 e. The molecule has 12 nitrogen and oxygen atoms in total. The molecule has 0 aliphatic carbocycles. The molecule has 0 saturated heterocycles. The van der Waals surface area contributed by atoms with Gasteiger partial charge in [0.05, 0.1) is 22.3 Å². The molecule has 2 rings (SSSR count). The molecule has 0 saturated carbocycles. The summed E-state index contributed by atoms with van der Waals surface area (Å²) in [6.07, 6.45) is -0.141. The molecular weight excluding hydrogens is 502 g/mol. The van der Waals surface area contributed by atoms with E-state index in [-0.39, 0.29) is 35.0 Å². The number of carbonyl (C=O) groups is 2. The number of aromatic nitrogens is 1. The van der Waals surface area contributed by atoms with Crippen molar-refractivity contribution in [1.82, 2.24) is 14.8 Å². The van der Waals surface area contributed by atoms with Crippen molar-refractivity contribution < 1.29 is 27.5 Å². The Morgan fingerprint density at radius 1 is 1.16 bits per heavy atom. The Kier molecular flexibility index (Phi) is 9.31. The number of nitrogens with zero attached hydrogens (tertiary/aromatic N) is 4. The maximum Gasteiger partial charge on any atom is 0.412 e. The predicted molar refractivity (Wildman–Crippen MR) is 143 cm³/mol. The first-order valence-electron chi connectivity index (χ1n) is 11.7. The van der Waals surface area contributed by atoms with Crippen LogP contribution < -0.4 is 15.8 Å². The SMILES string of the molecule is Cc1c(N(C(=O)O)C(C)(C)C)ccc2nc(N[C@@H](CCS(C)(=O)=O)C(=O)N(C)CCN(C)C)oc(=O)c12. The highest BCUT2D eigenvalue weighted by Gasteiger charge is 2.30. The van der Waals surface area contributed by atoms with E-state index in [1.807, 2.05) is 19.0 Å². The third-order valence-electron chi connectivity index (χ3n) is 5.76. The Bertz CT molecular complexity index is 1320. The van der Waals surface area contributed by atoms with E-state index >= 15 is 0 Å². The van der Waals surface area contributed by atoms with Crippen molar-refractivity contribution in [3.63, 3.8) is 0 Å². The lowest BCUT2D eigenvalue weighted by atomic mass is 10.0. The maximum atomic E-state index is 13.1. The molecule has 1 aromatic carbocycles. The monoisotopic (exact) mass is 539 g/mol. The highest BCUT2D eigenvalue weighted by atomic mass is 32.2. The highest BCUT2D eigenvalue weighted by Crippen LogP contribution is 2.31. The number of aryl methyl sites for hydroxylation is 1. The zero-order valence-electron chi connectivity index (χ0n) is 22.7. The molecule has 0 unspecified atom stereocenters. The van der Waals surface area contributed by atoms with Crippen LogP contribution in [0.25, 0.3) is 10.9 Å². The topological polar surface area (TPSA) is 153 Å². The molecule has 2 amide bonds. The maximum absolute atomic E-state index is 13.1. The van der Waals surface area contributed by atoms with Crippen LogP contribution in [0.2, 0.25) is 0 Å². The number of sulfone groups is 1. The van der Waals surface area contributed by atoms with Crippen LogP contribution in [0.15, 0.2) is 21.3 Å². The molecule has 0 radical (unpaired) electrons. The summed E-state index contributed by atoms with van der Waals surface area (Å²) < 4.78 is 28.9. The molecule has 0 bridgehead atoms. The van der Waals surface area contributed by atoms with E-state index in [1.165, 1.54) is 11.0 Å². The van der Waals surface area contributed by atoms with Crippen molar-refractivity contribution in [2.75, 3.05) is 56.5 Å². The van der Waals surface area contributed by atoms with Gasteiger partial charge in [-0.3, -0.25) is 9.69 Å². The second kappa shape index (κ2) is 11.5. The highest BCUT2D eigenvalue weighted by molar-refractivity contribution is 7.90. The van der Waals surface area contributed by atoms with Gasteiger partial charge in [0.2, 0.25) is 5.91 Å². The van der Waals surface area contributed by atoms with Crippen LogP contribution in [0.4, 0.5) is 16.5 Å². The van der Waals surface area contributed by atoms with Crippen LogP contribution in [0.3, 0.4) is 0 Å². The van der Waals surface area contributed by atoms with Gasteiger partial charge in [-0.15, -0.1) is 0 Å². The summed E-state index contributed by atoms with van der Waals surface area (Å²) in [5.41, 5.74) is -0.580. The molecular formula is C24H37N5O7S. The second-order valence-corrected chi connectivity index (χ2v) is 12.6. The lowest BCUT2D eigenvalue weighted by Crippen LogP contribution is -2.45. The van der Waals surface area contributed by atoms with Crippen molar-refractivity contribution in [2.24, 2.45) is 0 Å². The van der Waals surface area contributed by atoms with Gasteiger partial charge in [-0.1, -0.05) is 0 Å². The first kappa shape index (κ1) is 30.0. The zero-order chi connectivity index (χ0) is 28.3. The molecule has 1 aromatic heterocycles. The first-order chi connectivity index (χ1) is 16.9. The number of likely N-dealkylation sites (N-methyl/N-ethyl adjacent to an activating group) is 2. The summed E-state index contributed by atoms with van der Waals surface area (Å²) >= 11 is 0. The van der Waals surface area contributed by atoms with E-state index in [9.17, 15) is 27.9 Å². The molecule has 206 valence electrons. The van der Waals surface area contributed by atoms with E-state index in [1.54, 1.807) is 40.8 Å². The van der Waals surface area contributed by atoms with Crippen LogP contribution in [0.5, 0.6) is 0 Å². The second-order valence-electron chi connectivity index (χ2n) is 10.4. The lowest BCUT2D eigenvalue weighted by molar-refractivity contribution is -0.130. The largest absolute Gasteiger partial charge is 0.465 e. The van der Waals surface area contributed by atoms with Gasteiger partial charge in [-0.25, -0.2) is 18.0 Å². The van der Waals surface area contributed by atoms with Gasteiger partial charge in [0, 0.05) is 31.9 Å². The number of hydrogen-bond acceptors (Lipinski definition) is 9. The van der Waals surface area contributed by atoms with Crippen molar-refractivity contribution >= 4 is 44.4 Å². The number of benzene rings is 1. The minimum atomic E-state index is -3.36. The number of anilines is 2. The van der Waals surface area contributed by atoms with Gasteiger partial charge >= 0.3 is 11.7 Å². The average Bonchev–Trinajstić information content (AvgIpc) is 2.74. The van der Waals surface area contributed by atoms with Gasteiger partial charge in [0.25, 0.3) is 6.01 Å². The number of fused-ring (bicyclic) bond motifs is 1. The predicted octanol–water partition coefficient (Wildman–Crippen LogP) is 2.01. The number of carbonyl (C=O) groups excluding carboxylic acids is 1. The Hall–Kier alpha value is -3.19. The van der Waals surface area contributed by atoms with Crippen molar-refractivity contribution in [3.8, 4) is 0 Å². The van der Waals surface area contributed by atoms with Gasteiger partial charge in [-0.2, -0.15) is 4.98 Å². The number of nitrogens with one attached hydrogen (secondary N) is 1. The Balaban J connectivity index is 2.48. The summed E-state index contributed by atoms with van der Waals surface area (Å²) in [6, 6.07) is 1.84. The van der Waals surface area contributed by atoms with E-state index in [0.717, 1.165) is 11.2 Å². The Morgan fingerprint density at radius 2 is 1.78 bits per heavy atom. The molecule has 1 heterocycles. The minimum Gasteiger partial charge on any atom is -0.465 e. The van der Waals surface area contributed by atoms with E-state index in [4.69, 9.17) is 4.42 Å². The average molecular weight is 540 g/mol. The first-order valence-corrected chi connectivity index (χ1v) is 13.8. The lowest BCUT2D eigenvalue weighted by Gasteiger charge is -2.34. The summed E-state index contributed by atoms with van der Waals surface area (Å²) in [5, 5.41) is 12.7. The van der Waals surface area contributed by atoms with Crippen molar-refractivity contribution in [1.29, 1.82) is 0 Å². The third-order valence-corrected chi connectivity index (χ3v) is 6.74. The number of hydrogen-bond donors (Lipinski definition) is 2. The standard InChI is InChI=1S/C24H37N5O7S/c1-15-18(29(23(32)33)24(2,3)4)10-9-16-19(15)21(31)36-22(25-16)26-17(11-14-37(8,34)35)20(30)28(7)13-12-27(5)6/h9-10,17H,11-14H2,1-8H3,(H,25,26)(H,32,33)/t17-/m0/s1. The van der Waals surface area contributed by atoms with Crippen LogP contribution >= 0.6 is 0 Å². The van der Waals surface area contributed by atoms with Crippen LogP contribution in [0.1, 0.15) is 32.8 Å². The summed E-state index contributed by atoms with van der Waals surface area (Å²) in [6.45, 7) is 7.84. The van der Waals surface area contributed by atoms with E-state index in [0.29, 0.717) is 24.3 Å². The van der Waals surface area contributed by atoms with Gasteiger partial charge < -0.3 is 24.6 Å². The van der Waals surface area contributed by atoms with Gasteiger partial charge in [0.1, 0.15) is 15.9 Å². The molecule has 0 aliphatic heterocycles. The molecule has 13 heteroatoms. The van der Waals surface area contributed by atoms with Crippen LogP contribution in [-0.2, 0) is 14.6 Å². The normalized spacial score (nSPS) is 13.0.